The zero-order valence-electron chi connectivity index (χ0n) is 7.94. The first-order valence-electron chi connectivity index (χ1n) is 4.18. The zero-order valence-corrected chi connectivity index (χ0v) is 10.3. The SMILES string of the molecule is Cn1c(S(N)(=O)=O)c(Br)c2ccccc21. The van der Waals surface area contributed by atoms with Gasteiger partial charge in [-0.2, -0.15) is 0 Å². The van der Waals surface area contributed by atoms with E-state index in [0.29, 0.717) is 4.47 Å². The van der Waals surface area contributed by atoms with Crippen LogP contribution in [0.5, 0.6) is 0 Å². The van der Waals surface area contributed by atoms with Crippen LogP contribution < -0.4 is 5.14 Å². The summed E-state index contributed by atoms with van der Waals surface area (Å²) in [5.74, 6) is 0. The molecule has 0 atom stereocenters. The molecule has 0 saturated carbocycles. The summed E-state index contributed by atoms with van der Waals surface area (Å²) in [5, 5.41) is 6.08. The highest BCUT2D eigenvalue weighted by Crippen LogP contribution is 2.32. The molecule has 0 fully saturated rings. The third kappa shape index (κ3) is 1.58. The van der Waals surface area contributed by atoms with Crippen LogP contribution in [0, 0.1) is 0 Å². The molecule has 0 aliphatic rings. The number of hydrogen-bond donors (Lipinski definition) is 1. The molecule has 0 spiro atoms. The molecule has 2 rings (SSSR count). The van der Waals surface area contributed by atoms with E-state index in [0.717, 1.165) is 10.9 Å². The van der Waals surface area contributed by atoms with Gasteiger partial charge >= 0.3 is 0 Å². The van der Waals surface area contributed by atoms with Crippen molar-refractivity contribution < 1.29 is 8.42 Å². The van der Waals surface area contributed by atoms with Crippen LogP contribution in [0.25, 0.3) is 10.9 Å². The first-order chi connectivity index (χ1) is 6.93. The lowest BCUT2D eigenvalue weighted by atomic mass is 10.2. The second-order valence-corrected chi connectivity index (χ2v) is 5.51. The van der Waals surface area contributed by atoms with E-state index in [2.05, 4.69) is 15.9 Å². The van der Waals surface area contributed by atoms with Crippen molar-refractivity contribution in [3.8, 4) is 0 Å². The summed E-state index contributed by atoms with van der Waals surface area (Å²) in [7, 11) is -2.04. The molecule has 15 heavy (non-hydrogen) atoms. The van der Waals surface area contributed by atoms with Crippen molar-refractivity contribution in [3.63, 3.8) is 0 Å². The van der Waals surface area contributed by atoms with Crippen molar-refractivity contribution in [3.05, 3.63) is 28.7 Å². The fraction of sp³-hybridized carbons (Fsp3) is 0.111. The van der Waals surface area contributed by atoms with E-state index < -0.39 is 10.0 Å². The lowest BCUT2D eigenvalue weighted by Gasteiger charge is -2.01. The molecule has 1 aromatic carbocycles. The first kappa shape index (κ1) is 10.7. The molecular formula is C9H9BrN2O2S. The minimum atomic E-state index is -3.71. The maximum atomic E-state index is 11.4. The van der Waals surface area contributed by atoms with Crippen LogP contribution in [0.4, 0.5) is 0 Å². The van der Waals surface area contributed by atoms with Gasteiger partial charge < -0.3 is 4.57 Å². The third-order valence-electron chi connectivity index (χ3n) is 2.26. The molecule has 0 amide bonds. The van der Waals surface area contributed by atoms with Gasteiger partial charge in [-0.25, -0.2) is 13.6 Å². The molecule has 0 aliphatic heterocycles. The zero-order chi connectivity index (χ0) is 11.2. The topological polar surface area (TPSA) is 65.1 Å². The van der Waals surface area contributed by atoms with E-state index in [1.807, 2.05) is 24.3 Å². The number of nitrogens with two attached hydrogens (primary N) is 1. The van der Waals surface area contributed by atoms with Crippen LogP contribution in [0.3, 0.4) is 0 Å². The first-order valence-corrected chi connectivity index (χ1v) is 6.52. The van der Waals surface area contributed by atoms with E-state index in [4.69, 9.17) is 5.14 Å². The number of nitrogens with zero attached hydrogens (tertiary/aromatic N) is 1. The van der Waals surface area contributed by atoms with E-state index in [-0.39, 0.29) is 5.03 Å². The summed E-state index contributed by atoms with van der Waals surface area (Å²) < 4.78 is 24.8. The monoisotopic (exact) mass is 288 g/mol. The Morgan fingerprint density at radius 2 is 1.93 bits per heavy atom. The van der Waals surface area contributed by atoms with Crippen molar-refractivity contribution in [2.75, 3.05) is 0 Å². The molecule has 0 aliphatic carbocycles. The molecule has 2 N–H and O–H groups in total. The Labute approximate surface area is 95.9 Å². The highest BCUT2D eigenvalue weighted by molar-refractivity contribution is 9.10. The lowest BCUT2D eigenvalue weighted by molar-refractivity contribution is 0.588. The van der Waals surface area contributed by atoms with Crippen molar-refractivity contribution in [1.29, 1.82) is 0 Å². The van der Waals surface area contributed by atoms with E-state index in [1.54, 1.807) is 11.6 Å². The van der Waals surface area contributed by atoms with Gasteiger partial charge in [0.1, 0.15) is 0 Å². The molecule has 1 heterocycles. The summed E-state index contributed by atoms with van der Waals surface area (Å²) in [6.45, 7) is 0. The van der Waals surface area contributed by atoms with E-state index in [1.165, 1.54) is 0 Å². The molecular weight excluding hydrogens is 280 g/mol. The van der Waals surface area contributed by atoms with Crippen LogP contribution in [0.15, 0.2) is 33.8 Å². The normalized spacial score (nSPS) is 12.2. The predicted octanol–water partition coefficient (Wildman–Crippen LogP) is 1.59. The molecule has 2 aromatic rings. The van der Waals surface area contributed by atoms with Gasteiger partial charge in [-0.3, -0.25) is 0 Å². The van der Waals surface area contributed by atoms with E-state index >= 15 is 0 Å². The van der Waals surface area contributed by atoms with Gasteiger partial charge in [-0.15, -0.1) is 0 Å². The van der Waals surface area contributed by atoms with Gasteiger partial charge in [0.2, 0.25) is 0 Å². The van der Waals surface area contributed by atoms with Crippen LogP contribution in [-0.4, -0.2) is 13.0 Å². The number of fused-ring (bicyclic) bond motifs is 1. The van der Waals surface area contributed by atoms with Crippen molar-refractivity contribution in [2.45, 2.75) is 5.03 Å². The summed E-state index contributed by atoms with van der Waals surface area (Å²) in [6.07, 6.45) is 0. The van der Waals surface area contributed by atoms with E-state index in [9.17, 15) is 8.42 Å². The molecule has 80 valence electrons. The van der Waals surface area contributed by atoms with Gasteiger partial charge in [0.05, 0.1) is 4.47 Å². The van der Waals surface area contributed by atoms with Gasteiger partial charge in [0, 0.05) is 18.0 Å². The Kier molecular flexibility index (Phi) is 2.37. The summed E-state index contributed by atoms with van der Waals surface area (Å²) in [4.78, 5) is 0. The Bertz CT molecular complexity index is 592. The summed E-state index contributed by atoms with van der Waals surface area (Å²) >= 11 is 3.26. The number of primary sulfonamides is 1. The van der Waals surface area contributed by atoms with Crippen LogP contribution >= 0.6 is 15.9 Å². The third-order valence-corrected chi connectivity index (χ3v) is 4.35. The second kappa shape index (κ2) is 3.33. The number of aromatic nitrogens is 1. The molecule has 0 bridgehead atoms. The Hall–Kier alpha value is -0.850. The quantitative estimate of drug-likeness (QED) is 0.866. The second-order valence-electron chi connectivity index (χ2n) is 3.24. The largest absolute Gasteiger partial charge is 0.333 e. The van der Waals surface area contributed by atoms with Crippen LogP contribution in [0.2, 0.25) is 0 Å². The van der Waals surface area contributed by atoms with Crippen LogP contribution in [-0.2, 0) is 17.1 Å². The average Bonchev–Trinajstić information content (AvgIpc) is 2.39. The minimum absolute atomic E-state index is 0.101. The molecule has 0 radical (unpaired) electrons. The van der Waals surface area contributed by atoms with Crippen molar-refractivity contribution in [2.24, 2.45) is 12.2 Å². The van der Waals surface area contributed by atoms with Gasteiger partial charge in [0.15, 0.2) is 5.03 Å². The lowest BCUT2D eigenvalue weighted by Crippen LogP contribution is -2.16. The van der Waals surface area contributed by atoms with Gasteiger partial charge in [-0.05, 0) is 22.0 Å². The molecule has 0 unspecified atom stereocenters. The Morgan fingerprint density at radius 3 is 2.47 bits per heavy atom. The highest BCUT2D eigenvalue weighted by Gasteiger charge is 2.21. The smallest absolute Gasteiger partial charge is 0.254 e. The number of rotatable bonds is 1. The fourth-order valence-electron chi connectivity index (χ4n) is 1.64. The molecule has 1 aromatic heterocycles. The van der Waals surface area contributed by atoms with Gasteiger partial charge in [0.25, 0.3) is 10.0 Å². The Morgan fingerprint density at radius 1 is 1.33 bits per heavy atom. The number of sulfonamides is 1. The minimum Gasteiger partial charge on any atom is -0.333 e. The van der Waals surface area contributed by atoms with Crippen molar-refractivity contribution >= 4 is 36.9 Å². The van der Waals surface area contributed by atoms with Gasteiger partial charge in [-0.1, -0.05) is 18.2 Å². The molecule has 0 saturated heterocycles. The maximum absolute atomic E-state index is 11.4. The summed E-state index contributed by atoms with van der Waals surface area (Å²) in [5.41, 5.74) is 0.827. The van der Waals surface area contributed by atoms with Crippen molar-refractivity contribution in [1.82, 2.24) is 4.57 Å². The Balaban J connectivity index is 3.00. The maximum Gasteiger partial charge on any atom is 0.254 e. The number of benzene rings is 1. The molecule has 6 heteroatoms. The number of aryl methyl sites for hydroxylation is 1. The number of hydrogen-bond acceptors (Lipinski definition) is 2. The standard InChI is InChI=1S/C9H9BrN2O2S/c1-12-7-5-3-2-4-6(7)8(10)9(12)15(11,13)14/h2-5H,1H3,(H2,11,13,14). The highest BCUT2D eigenvalue weighted by atomic mass is 79.9. The number of para-hydroxylation sites is 1. The van der Waals surface area contributed by atoms with Crippen LogP contribution in [0.1, 0.15) is 0 Å². The molecule has 4 nitrogen and oxygen atoms in total. The predicted molar refractivity (Wildman–Crippen MR) is 62.0 cm³/mol. The average molecular weight is 289 g/mol. The fourth-order valence-corrected chi connectivity index (χ4v) is 3.76. The number of halogens is 1. The summed E-state index contributed by atoms with van der Waals surface area (Å²) in [6, 6.07) is 7.38.